The highest BCUT2D eigenvalue weighted by atomic mass is 16.6. The largest absolute Gasteiger partial charge is 0.432 e. The normalized spacial score (nSPS) is 11.3. The van der Waals surface area contributed by atoms with Crippen LogP contribution in [0.5, 0.6) is 0 Å². The molecule has 0 fully saturated rings. The zero-order chi connectivity index (χ0) is 15.9. The van der Waals surface area contributed by atoms with Crippen molar-refractivity contribution >= 4 is 17.9 Å². The average Bonchev–Trinajstić information content (AvgIpc) is 2.56. The average molecular weight is 299 g/mol. The zero-order valence-corrected chi connectivity index (χ0v) is 11.5. The van der Waals surface area contributed by atoms with E-state index >= 15 is 0 Å². The van der Waals surface area contributed by atoms with Gasteiger partial charge >= 0.3 is 17.9 Å². The van der Waals surface area contributed by atoms with Crippen molar-refractivity contribution in [3.63, 3.8) is 0 Å². The molecule has 2 aromatic carbocycles. The summed E-state index contributed by atoms with van der Waals surface area (Å²) >= 11 is 0. The van der Waals surface area contributed by atoms with Crippen LogP contribution in [0.4, 0.5) is 0 Å². The molecule has 1 atom stereocenters. The third-order valence-electron chi connectivity index (χ3n) is 2.68. The molecule has 2 aromatic rings. The molecule has 112 valence electrons. The summed E-state index contributed by atoms with van der Waals surface area (Å²) in [5.74, 6) is -2.79. The molecule has 0 amide bonds. The second kappa shape index (κ2) is 7.14. The summed E-state index contributed by atoms with van der Waals surface area (Å²) in [6, 6.07) is 15.9. The van der Waals surface area contributed by atoms with Crippen molar-refractivity contribution in [1.29, 1.82) is 0 Å². The van der Waals surface area contributed by atoms with Crippen LogP contribution in [0.2, 0.25) is 0 Å². The van der Waals surface area contributed by atoms with Gasteiger partial charge in [0.05, 0.1) is 11.1 Å². The second-order valence-corrected chi connectivity index (χ2v) is 4.27. The Morgan fingerprint density at radius 1 is 0.773 bits per heavy atom. The van der Waals surface area contributed by atoms with Gasteiger partial charge in [-0.15, -0.1) is 0 Å². The Hall–Kier alpha value is -2.99. The summed E-state index contributed by atoms with van der Waals surface area (Å²) in [5, 5.41) is 0. The standard InChI is InChI=1S/C16H13NO5/c17-13(21-14(18)11-7-3-1-4-8-11)16(20)22-15(19)12-9-5-2-6-10-12/h1-10,13H,17H2. The quantitative estimate of drug-likeness (QED) is 0.522. The Balaban J connectivity index is 1.92. The first-order valence-electron chi connectivity index (χ1n) is 6.40. The molecule has 0 aliphatic carbocycles. The number of carbonyl (C=O) groups excluding carboxylic acids is 3. The molecule has 0 heterocycles. The van der Waals surface area contributed by atoms with E-state index in [1.165, 1.54) is 24.3 Å². The van der Waals surface area contributed by atoms with E-state index in [1.54, 1.807) is 36.4 Å². The molecule has 2 N–H and O–H groups in total. The lowest BCUT2D eigenvalue weighted by Crippen LogP contribution is -2.38. The lowest BCUT2D eigenvalue weighted by atomic mass is 10.2. The summed E-state index contributed by atoms with van der Waals surface area (Å²) in [7, 11) is 0. The van der Waals surface area contributed by atoms with E-state index < -0.39 is 24.1 Å². The van der Waals surface area contributed by atoms with Gasteiger partial charge in [0.2, 0.25) is 6.23 Å². The Bertz CT molecular complexity index is 669. The van der Waals surface area contributed by atoms with Crippen LogP contribution in [-0.2, 0) is 14.3 Å². The van der Waals surface area contributed by atoms with E-state index in [2.05, 4.69) is 4.74 Å². The molecule has 0 radical (unpaired) electrons. The summed E-state index contributed by atoms with van der Waals surface area (Å²) in [4.78, 5) is 35.0. The van der Waals surface area contributed by atoms with Crippen molar-refractivity contribution in [3.8, 4) is 0 Å². The summed E-state index contributed by atoms with van der Waals surface area (Å²) in [6.45, 7) is 0. The maximum Gasteiger partial charge on any atom is 0.370 e. The second-order valence-electron chi connectivity index (χ2n) is 4.27. The molecule has 1 unspecified atom stereocenters. The van der Waals surface area contributed by atoms with Crippen molar-refractivity contribution in [1.82, 2.24) is 0 Å². The highest BCUT2D eigenvalue weighted by molar-refractivity contribution is 5.98. The van der Waals surface area contributed by atoms with Crippen molar-refractivity contribution in [2.45, 2.75) is 6.23 Å². The Morgan fingerprint density at radius 2 is 1.23 bits per heavy atom. The zero-order valence-electron chi connectivity index (χ0n) is 11.5. The van der Waals surface area contributed by atoms with Crippen molar-refractivity contribution in [3.05, 3.63) is 71.8 Å². The summed E-state index contributed by atoms with van der Waals surface area (Å²) in [5.41, 5.74) is 5.84. The van der Waals surface area contributed by atoms with E-state index in [0.717, 1.165) is 0 Å². The minimum absolute atomic E-state index is 0.192. The topological polar surface area (TPSA) is 95.7 Å². The molecule has 0 bridgehead atoms. The van der Waals surface area contributed by atoms with Crippen LogP contribution in [-0.4, -0.2) is 24.1 Å². The number of carbonyl (C=O) groups is 3. The van der Waals surface area contributed by atoms with E-state index in [-0.39, 0.29) is 11.1 Å². The Morgan fingerprint density at radius 3 is 1.73 bits per heavy atom. The first-order valence-corrected chi connectivity index (χ1v) is 6.40. The van der Waals surface area contributed by atoms with Crippen LogP contribution < -0.4 is 5.73 Å². The molecule has 0 aromatic heterocycles. The highest BCUT2D eigenvalue weighted by Crippen LogP contribution is 2.05. The van der Waals surface area contributed by atoms with Gasteiger partial charge in [-0.2, -0.15) is 0 Å². The molecule has 0 aliphatic heterocycles. The van der Waals surface area contributed by atoms with Gasteiger partial charge in [0, 0.05) is 0 Å². The maximum absolute atomic E-state index is 11.7. The molecule has 0 spiro atoms. The fourth-order valence-corrected chi connectivity index (χ4v) is 1.59. The minimum atomic E-state index is -1.68. The van der Waals surface area contributed by atoms with Crippen molar-refractivity contribution < 1.29 is 23.9 Å². The first-order chi connectivity index (χ1) is 10.6. The predicted molar refractivity (Wildman–Crippen MR) is 76.7 cm³/mol. The van der Waals surface area contributed by atoms with Crippen molar-refractivity contribution in [2.24, 2.45) is 5.73 Å². The molecular weight excluding hydrogens is 286 g/mol. The third-order valence-corrected chi connectivity index (χ3v) is 2.68. The molecule has 6 heteroatoms. The number of nitrogens with two attached hydrogens (primary N) is 1. The molecule has 22 heavy (non-hydrogen) atoms. The van der Waals surface area contributed by atoms with E-state index in [9.17, 15) is 14.4 Å². The van der Waals surface area contributed by atoms with Gasteiger partial charge in [-0.25, -0.2) is 14.4 Å². The van der Waals surface area contributed by atoms with Gasteiger partial charge in [0.1, 0.15) is 0 Å². The number of rotatable bonds is 4. The van der Waals surface area contributed by atoms with Crippen LogP contribution in [0.25, 0.3) is 0 Å². The van der Waals surface area contributed by atoms with Gasteiger partial charge in [0.25, 0.3) is 0 Å². The van der Waals surface area contributed by atoms with E-state index in [0.29, 0.717) is 0 Å². The monoisotopic (exact) mass is 299 g/mol. The number of hydrogen-bond donors (Lipinski definition) is 1. The molecule has 2 rings (SSSR count). The van der Waals surface area contributed by atoms with Gasteiger partial charge in [-0.1, -0.05) is 36.4 Å². The van der Waals surface area contributed by atoms with E-state index in [1.807, 2.05) is 0 Å². The summed E-state index contributed by atoms with van der Waals surface area (Å²) in [6.07, 6.45) is -1.68. The molecule has 0 saturated heterocycles. The highest BCUT2D eigenvalue weighted by Gasteiger charge is 2.24. The third kappa shape index (κ3) is 4.00. The fourth-order valence-electron chi connectivity index (χ4n) is 1.59. The number of ether oxygens (including phenoxy) is 2. The molecule has 0 aliphatic rings. The molecule has 0 saturated carbocycles. The van der Waals surface area contributed by atoms with E-state index in [4.69, 9.17) is 10.5 Å². The maximum atomic E-state index is 11.7. The Labute approximate surface area is 126 Å². The Kier molecular flexibility index (Phi) is 5.00. The number of esters is 3. The van der Waals surface area contributed by atoms with Crippen LogP contribution >= 0.6 is 0 Å². The summed E-state index contributed by atoms with van der Waals surface area (Å²) < 4.78 is 9.30. The van der Waals surface area contributed by atoms with Crippen LogP contribution in [0, 0.1) is 0 Å². The molecule has 6 nitrogen and oxygen atoms in total. The smallest absolute Gasteiger partial charge is 0.370 e. The minimum Gasteiger partial charge on any atom is -0.432 e. The van der Waals surface area contributed by atoms with Gasteiger partial charge < -0.3 is 9.47 Å². The lowest BCUT2D eigenvalue weighted by molar-refractivity contribution is -0.147. The van der Waals surface area contributed by atoms with Gasteiger partial charge in [0.15, 0.2) is 0 Å². The molecular formula is C16H13NO5. The fraction of sp³-hybridized carbons (Fsp3) is 0.0625. The van der Waals surface area contributed by atoms with Gasteiger partial charge in [-0.3, -0.25) is 5.73 Å². The van der Waals surface area contributed by atoms with Crippen LogP contribution in [0.3, 0.4) is 0 Å². The van der Waals surface area contributed by atoms with Crippen molar-refractivity contribution in [2.75, 3.05) is 0 Å². The predicted octanol–water partition coefficient (Wildman–Crippen LogP) is 1.51. The number of benzene rings is 2. The first kappa shape index (κ1) is 15.4. The van der Waals surface area contributed by atoms with Crippen LogP contribution in [0.1, 0.15) is 20.7 Å². The van der Waals surface area contributed by atoms with Crippen LogP contribution in [0.15, 0.2) is 60.7 Å². The SMILES string of the molecule is NC(OC(=O)c1ccccc1)C(=O)OC(=O)c1ccccc1. The lowest BCUT2D eigenvalue weighted by Gasteiger charge is -2.11. The van der Waals surface area contributed by atoms with Gasteiger partial charge in [-0.05, 0) is 24.3 Å². The number of hydrogen-bond acceptors (Lipinski definition) is 6.